The quantitative estimate of drug-likeness (QED) is 0.814. The number of primary amides is 1. The third-order valence-electron chi connectivity index (χ3n) is 4.59. The lowest BCUT2D eigenvalue weighted by atomic mass is 10.1. The Hall–Kier alpha value is -3.29. The van der Waals surface area contributed by atoms with Gasteiger partial charge >= 0.3 is 0 Å². The van der Waals surface area contributed by atoms with E-state index in [0.29, 0.717) is 35.9 Å². The van der Waals surface area contributed by atoms with Gasteiger partial charge in [-0.05, 0) is 31.0 Å². The van der Waals surface area contributed by atoms with Gasteiger partial charge in [0.2, 0.25) is 0 Å². The zero-order chi connectivity index (χ0) is 20.1. The van der Waals surface area contributed by atoms with E-state index in [4.69, 9.17) is 19.9 Å². The van der Waals surface area contributed by atoms with Crippen molar-refractivity contribution in [2.24, 2.45) is 5.73 Å². The molecule has 0 radical (unpaired) electrons. The van der Waals surface area contributed by atoms with E-state index in [1.54, 1.807) is 29.2 Å². The molecular weight excluding hydrogens is 362 g/mol. The molecule has 2 heterocycles. The predicted octanol–water partition coefficient (Wildman–Crippen LogP) is 1.88. The van der Waals surface area contributed by atoms with Crippen LogP contribution in [0.15, 0.2) is 36.5 Å². The summed E-state index contributed by atoms with van der Waals surface area (Å²) in [6.45, 7) is 1.05. The Morgan fingerprint density at radius 2 is 2.04 bits per heavy atom. The maximum absolute atomic E-state index is 13.1. The molecule has 1 saturated heterocycles. The second-order valence-corrected chi connectivity index (χ2v) is 6.42. The van der Waals surface area contributed by atoms with Gasteiger partial charge in [-0.3, -0.25) is 14.6 Å². The Morgan fingerprint density at radius 3 is 2.75 bits per heavy atom. The summed E-state index contributed by atoms with van der Waals surface area (Å²) in [5.41, 5.74) is 5.85. The van der Waals surface area contributed by atoms with Gasteiger partial charge in [0.25, 0.3) is 11.8 Å². The van der Waals surface area contributed by atoms with Gasteiger partial charge in [0, 0.05) is 18.8 Å². The molecule has 1 fully saturated rings. The molecule has 2 amide bonds. The van der Waals surface area contributed by atoms with Crippen LogP contribution in [0, 0.1) is 0 Å². The molecule has 148 valence electrons. The molecule has 1 aliphatic rings. The first kappa shape index (κ1) is 19.5. The minimum absolute atomic E-state index is 0.141. The fourth-order valence-electron chi connectivity index (χ4n) is 3.26. The molecule has 1 aromatic heterocycles. The lowest BCUT2D eigenvalue weighted by molar-refractivity contribution is 0.0534. The Bertz CT molecular complexity index is 871. The smallest absolute Gasteiger partial charge is 0.267 e. The SMILES string of the molecule is COc1cccc(C(=O)N2CCCC(Oc3ccnc(C(N)=O)c3)C2)c1OC. The number of ether oxygens (including phenoxy) is 3. The standard InChI is InChI=1S/C20H23N3O5/c1-26-17-7-3-6-15(18(17)27-2)20(25)23-10-4-5-14(12-23)28-13-8-9-22-16(11-13)19(21)24/h3,6-9,11,14H,4-5,10,12H2,1-2H3,(H2,21,24). The van der Waals surface area contributed by atoms with Crippen molar-refractivity contribution in [3.63, 3.8) is 0 Å². The number of hydrogen-bond donors (Lipinski definition) is 1. The van der Waals surface area contributed by atoms with Crippen LogP contribution >= 0.6 is 0 Å². The fourth-order valence-corrected chi connectivity index (χ4v) is 3.26. The topological polar surface area (TPSA) is 104 Å². The van der Waals surface area contributed by atoms with Crippen molar-refractivity contribution >= 4 is 11.8 Å². The van der Waals surface area contributed by atoms with Crippen LogP contribution in [0.1, 0.15) is 33.7 Å². The third kappa shape index (κ3) is 4.16. The highest BCUT2D eigenvalue weighted by Gasteiger charge is 2.28. The maximum Gasteiger partial charge on any atom is 0.267 e. The number of likely N-dealkylation sites (tertiary alicyclic amines) is 1. The van der Waals surface area contributed by atoms with Gasteiger partial charge in [0.1, 0.15) is 17.5 Å². The number of hydrogen-bond acceptors (Lipinski definition) is 6. The van der Waals surface area contributed by atoms with Crippen LogP contribution in [-0.2, 0) is 0 Å². The molecule has 28 heavy (non-hydrogen) atoms. The first-order chi connectivity index (χ1) is 13.5. The van der Waals surface area contributed by atoms with Gasteiger partial charge in [-0.2, -0.15) is 0 Å². The molecule has 2 aromatic rings. The van der Waals surface area contributed by atoms with Gasteiger partial charge in [0.05, 0.1) is 26.3 Å². The predicted molar refractivity (Wildman–Crippen MR) is 102 cm³/mol. The molecule has 8 nitrogen and oxygen atoms in total. The number of carbonyl (C=O) groups is 2. The first-order valence-electron chi connectivity index (χ1n) is 8.96. The molecule has 8 heteroatoms. The van der Waals surface area contributed by atoms with Gasteiger partial charge in [-0.1, -0.05) is 6.07 Å². The highest BCUT2D eigenvalue weighted by atomic mass is 16.5. The van der Waals surface area contributed by atoms with Crippen LogP contribution in [0.5, 0.6) is 17.2 Å². The number of rotatable bonds is 6. The van der Waals surface area contributed by atoms with Crippen LogP contribution in [0.3, 0.4) is 0 Å². The summed E-state index contributed by atoms with van der Waals surface area (Å²) in [5, 5.41) is 0. The molecular formula is C20H23N3O5. The maximum atomic E-state index is 13.1. The molecule has 1 aliphatic heterocycles. The summed E-state index contributed by atoms with van der Waals surface area (Å²) in [7, 11) is 3.04. The molecule has 0 bridgehead atoms. The summed E-state index contributed by atoms with van der Waals surface area (Å²) < 4.78 is 16.6. The van der Waals surface area contributed by atoms with E-state index in [2.05, 4.69) is 4.98 Å². The van der Waals surface area contributed by atoms with Crippen LogP contribution in [-0.4, -0.2) is 55.1 Å². The van der Waals surface area contributed by atoms with Gasteiger partial charge in [0.15, 0.2) is 11.5 Å². The van der Waals surface area contributed by atoms with Gasteiger partial charge < -0.3 is 24.8 Å². The number of benzene rings is 1. The number of nitrogens with two attached hydrogens (primary N) is 1. The van der Waals surface area contributed by atoms with Crippen LogP contribution in [0.2, 0.25) is 0 Å². The second-order valence-electron chi connectivity index (χ2n) is 6.42. The Morgan fingerprint density at radius 1 is 1.21 bits per heavy atom. The van der Waals surface area contributed by atoms with Crippen molar-refractivity contribution in [2.75, 3.05) is 27.3 Å². The van der Waals surface area contributed by atoms with Crippen molar-refractivity contribution in [2.45, 2.75) is 18.9 Å². The van der Waals surface area contributed by atoms with Crippen molar-refractivity contribution in [1.82, 2.24) is 9.88 Å². The number of amides is 2. The molecule has 0 saturated carbocycles. The lowest BCUT2D eigenvalue weighted by Crippen LogP contribution is -2.44. The zero-order valence-electron chi connectivity index (χ0n) is 15.9. The van der Waals surface area contributed by atoms with E-state index in [1.807, 2.05) is 0 Å². The highest BCUT2D eigenvalue weighted by Crippen LogP contribution is 2.32. The van der Waals surface area contributed by atoms with Gasteiger partial charge in [-0.25, -0.2) is 0 Å². The number of methoxy groups -OCH3 is 2. The summed E-state index contributed by atoms with van der Waals surface area (Å²) in [6.07, 6.45) is 2.88. The Kier molecular flexibility index (Phi) is 5.98. The normalized spacial score (nSPS) is 16.4. The van der Waals surface area contributed by atoms with E-state index in [1.165, 1.54) is 26.5 Å². The highest BCUT2D eigenvalue weighted by molar-refractivity contribution is 5.98. The third-order valence-corrected chi connectivity index (χ3v) is 4.59. The van der Waals surface area contributed by atoms with Crippen LogP contribution in [0.25, 0.3) is 0 Å². The van der Waals surface area contributed by atoms with Crippen molar-refractivity contribution in [3.05, 3.63) is 47.8 Å². The number of piperidine rings is 1. The zero-order valence-corrected chi connectivity index (χ0v) is 15.9. The minimum Gasteiger partial charge on any atom is -0.493 e. The first-order valence-corrected chi connectivity index (χ1v) is 8.96. The van der Waals surface area contributed by atoms with Crippen LogP contribution in [0.4, 0.5) is 0 Å². The largest absolute Gasteiger partial charge is 0.493 e. The monoisotopic (exact) mass is 385 g/mol. The number of carbonyl (C=O) groups excluding carboxylic acids is 2. The summed E-state index contributed by atoms with van der Waals surface area (Å²) in [6, 6.07) is 8.40. The van der Waals surface area contributed by atoms with Crippen molar-refractivity contribution in [3.8, 4) is 17.2 Å². The fraction of sp³-hybridized carbons (Fsp3) is 0.350. The summed E-state index contributed by atoms with van der Waals surface area (Å²) in [4.78, 5) is 30.0. The summed E-state index contributed by atoms with van der Waals surface area (Å²) in [5.74, 6) is 0.668. The van der Waals surface area contributed by atoms with Crippen molar-refractivity contribution < 1.29 is 23.8 Å². The lowest BCUT2D eigenvalue weighted by Gasteiger charge is -2.33. The number of para-hydroxylation sites is 1. The van der Waals surface area contributed by atoms with E-state index in [9.17, 15) is 9.59 Å². The summed E-state index contributed by atoms with van der Waals surface area (Å²) >= 11 is 0. The number of nitrogens with zero attached hydrogens (tertiary/aromatic N) is 2. The number of aromatic nitrogens is 1. The van der Waals surface area contributed by atoms with E-state index < -0.39 is 5.91 Å². The van der Waals surface area contributed by atoms with E-state index >= 15 is 0 Å². The minimum atomic E-state index is -0.615. The van der Waals surface area contributed by atoms with Crippen molar-refractivity contribution in [1.29, 1.82) is 0 Å². The molecule has 0 spiro atoms. The van der Waals surface area contributed by atoms with E-state index in [0.717, 1.165) is 12.8 Å². The average molecular weight is 385 g/mol. The van der Waals surface area contributed by atoms with Crippen LogP contribution < -0.4 is 19.9 Å². The molecule has 3 rings (SSSR count). The molecule has 1 atom stereocenters. The molecule has 0 aliphatic carbocycles. The molecule has 1 aromatic carbocycles. The Labute approximate surface area is 163 Å². The molecule has 1 unspecified atom stereocenters. The van der Waals surface area contributed by atoms with Gasteiger partial charge in [-0.15, -0.1) is 0 Å². The van der Waals surface area contributed by atoms with E-state index in [-0.39, 0.29) is 17.7 Å². The molecule has 2 N–H and O–H groups in total. The average Bonchev–Trinajstić information content (AvgIpc) is 2.72. The second kappa shape index (κ2) is 8.60. The number of pyridine rings is 1. The Balaban J connectivity index is 1.74.